The van der Waals surface area contributed by atoms with Crippen LogP contribution in [0.4, 0.5) is 5.69 Å². The summed E-state index contributed by atoms with van der Waals surface area (Å²) in [5, 5.41) is 10.7. The molecule has 0 bridgehead atoms. The van der Waals surface area contributed by atoms with Crippen molar-refractivity contribution in [2.75, 3.05) is 7.11 Å². The number of benzene rings is 1. The summed E-state index contributed by atoms with van der Waals surface area (Å²) >= 11 is 0. The van der Waals surface area contributed by atoms with Gasteiger partial charge in [0, 0.05) is 18.2 Å². The van der Waals surface area contributed by atoms with Crippen molar-refractivity contribution in [2.45, 2.75) is 24.8 Å². The van der Waals surface area contributed by atoms with Gasteiger partial charge in [0.2, 0.25) is 10.0 Å². The van der Waals surface area contributed by atoms with Gasteiger partial charge < -0.3 is 4.74 Å². The quantitative estimate of drug-likeness (QED) is 0.494. The Morgan fingerprint density at radius 1 is 1.40 bits per heavy atom. The fraction of sp³-hybridized carbons (Fsp3) is 0.364. The van der Waals surface area contributed by atoms with Gasteiger partial charge in [-0.25, -0.2) is 17.9 Å². The highest BCUT2D eigenvalue weighted by Crippen LogP contribution is 2.22. The van der Waals surface area contributed by atoms with Crippen LogP contribution in [0, 0.1) is 10.1 Å². The van der Waals surface area contributed by atoms with Crippen LogP contribution < -0.4 is 4.72 Å². The molecule has 0 amide bonds. The van der Waals surface area contributed by atoms with Gasteiger partial charge in [0.25, 0.3) is 5.69 Å². The molecule has 0 spiro atoms. The molecule has 0 saturated heterocycles. The molecular formula is C11H14N2O6S. The molecule has 1 rings (SSSR count). The average molecular weight is 302 g/mol. The van der Waals surface area contributed by atoms with Gasteiger partial charge in [-0.05, 0) is 19.9 Å². The number of methoxy groups -OCH3 is 1. The molecule has 20 heavy (non-hydrogen) atoms. The molecule has 0 heterocycles. The van der Waals surface area contributed by atoms with Crippen LogP contribution >= 0.6 is 0 Å². The number of nitrogens with one attached hydrogen (secondary N) is 1. The molecule has 110 valence electrons. The zero-order valence-corrected chi connectivity index (χ0v) is 11.9. The van der Waals surface area contributed by atoms with E-state index < -0.39 is 26.6 Å². The van der Waals surface area contributed by atoms with Crippen LogP contribution in [0.5, 0.6) is 0 Å². The topological polar surface area (TPSA) is 116 Å². The van der Waals surface area contributed by atoms with Crippen LogP contribution in [0.15, 0.2) is 23.1 Å². The first-order valence-electron chi connectivity index (χ1n) is 5.58. The third-order valence-electron chi connectivity index (χ3n) is 2.26. The van der Waals surface area contributed by atoms with Gasteiger partial charge in [-0.2, -0.15) is 0 Å². The van der Waals surface area contributed by atoms with Gasteiger partial charge in [-0.1, -0.05) is 0 Å². The van der Waals surface area contributed by atoms with E-state index in [-0.39, 0.29) is 16.5 Å². The average Bonchev–Trinajstić information content (AvgIpc) is 2.35. The van der Waals surface area contributed by atoms with E-state index in [1.807, 2.05) is 0 Å². The number of carbonyl (C=O) groups is 1. The lowest BCUT2D eigenvalue weighted by molar-refractivity contribution is -0.384. The van der Waals surface area contributed by atoms with E-state index in [2.05, 4.69) is 9.46 Å². The monoisotopic (exact) mass is 302 g/mol. The van der Waals surface area contributed by atoms with Crippen LogP contribution in [0.3, 0.4) is 0 Å². The molecule has 1 aromatic carbocycles. The lowest BCUT2D eigenvalue weighted by atomic mass is 10.2. The van der Waals surface area contributed by atoms with Gasteiger partial charge in [0.1, 0.15) is 0 Å². The minimum atomic E-state index is -3.96. The Hall–Kier alpha value is -2.00. The van der Waals surface area contributed by atoms with Crippen molar-refractivity contribution in [1.29, 1.82) is 0 Å². The van der Waals surface area contributed by atoms with E-state index >= 15 is 0 Å². The van der Waals surface area contributed by atoms with Crippen LogP contribution in [-0.4, -0.2) is 32.5 Å². The molecule has 0 aliphatic rings. The first-order valence-corrected chi connectivity index (χ1v) is 7.06. The Bertz CT molecular complexity index is 638. The Labute approximate surface area is 115 Å². The summed E-state index contributed by atoms with van der Waals surface area (Å²) in [6.07, 6.45) is 0. The van der Waals surface area contributed by atoms with Gasteiger partial charge in [-0.15, -0.1) is 0 Å². The third-order valence-corrected chi connectivity index (χ3v) is 3.98. The van der Waals surface area contributed by atoms with E-state index in [1.54, 1.807) is 13.8 Å². The Morgan fingerprint density at radius 3 is 2.45 bits per heavy atom. The van der Waals surface area contributed by atoms with Crippen molar-refractivity contribution >= 4 is 21.7 Å². The van der Waals surface area contributed by atoms with Crippen molar-refractivity contribution < 1.29 is 22.9 Å². The number of nitro benzene ring substituents is 1. The highest BCUT2D eigenvalue weighted by molar-refractivity contribution is 7.89. The summed E-state index contributed by atoms with van der Waals surface area (Å²) in [5.41, 5.74) is -0.774. The number of esters is 1. The first kappa shape index (κ1) is 16.1. The molecule has 0 aliphatic heterocycles. The minimum absolute atomic E-state index is 0.358. The third kappa shape index (κ3) is 3.52. The van der Waals surface area contributed by atoms with Gasteiger partial charge in [0.15, 0.2) is 0 Å². The highest BCUT2D eigenvalue weighted by Gasteiger charge is 2.26. The summed E-state index contributed by atoms with van der Waals surface area (Å²) in [4.78, 5) is 21.2. The van der Waals surface area contributed by atoms with Crippen molar-refractivity contribution in [3.05, 3.63) is 33.9 Å². The Balaban J connectivity index is 3.47. The molecule has 0 fully saturated rings. The Morgan fingerprint density at radius 2 is 2.00 bits per heavy atom. The zero-order chi connectivity index (χ0) is 15.5. The van der Waals surface area contributed by atoms with Crippen LogP contribution in [0.1, 0.15) is 24.2 Å². The maximum absolute atomic E-state index is 12.1. The standard InChI is InChI=1S/C11H14N2O6S/c1-7(2)12-20(17,18)10-5-4-8(13(15)16)6-9(10)11(14)19-3/h4-7,12H,1-3H3. The maximum atomic E-state index is 12.1. The number of carbonyl (C=O) groups excluding carboxylic acids is 1. The Kier molecular flexibility index (Phi) is 4.79. The molecule has 0 atom stereocenters. The van der Waals surface area contributed by atoms with Crippen LogP contribution in [0.25, 0.3) is 0 Å². The van der Waals surface area contributed by atoms with Crippen molar-refractivity contribution in [3.63, 3.8) is 0 Å². The van der Waals surface area contributed by atoms with E-state index in [1.165, 1.54) is 0 Å². The predicted octanol–water partition coefficient (Wildman–Crippen LogP) is 1.07. The fourth-order valence-corrected chi connectivity index (χ4v) is 2.94. The summed E-state index contributed by atoms with van der Waals surface area (Å²) < 4.78 is 30.9. The lowest BCUT2D eigenvalue weighted by Gasteiger charge is -2.12. The van der Waals surface area contributed by atoms with E-state index in [0.717, 1.165) is 25.3 Å². The number of hydrogen-bond donors (Lipinski definition) is 1. The zero-order valence-electron chi connectivity index (χ0n) is 11.1. The second-order valence-electron chi connectivity index (χ2n) is 4.21. The number of non-ortho nitro benzene ring substituents is 1. The first-order chi connectivity index (χ1) is 9.19. The molecule has 0 unspecified atom stereocenters. The van der Waals surface area contributed by atoms with Gasteiger partial charge in [-0.3, -0.25) is 10.1 Å². The number of nitro groups is 1. The van der Waals surface area contributed by atoms with E-state index in [4.69, 9.17) is 0 Å². The van der Waals surface area contributed by atoms with Gasteiger partial charge in [0.05, 0.1) is 22.5 Å². The highest BCUT2D eigenvalue weighted by atomic mass is 32.2. The summed E-state index contributed by atoms with van der Waals surface area (Å²) in [6, 6.07) is 2.51. The molecule has 0 aromatic heterocycles. The largest absolute Gasteiger partial charge is 0.465 e. The molecule has 8 nitrogen and oxygen atoms in total. The lowest BCUT2D eigenvalue weighted by Crippen LogP contribution is -2.31. The summed E-state index contributed by atoms with van der Waals surface area (Å²) in [5.74, 6) is -0.960. The molecule has 0 saturated carbocycles. The molecule has 0 aliphatic carbocycles. The maximum Gasteiger partial charge on any atom is 0.339 e. The predicted molar refractivity (Wildman–Crippen MR) is 69.9 cm³/mol. The number of sulfonamides is 1. The SMILES string of the molecule is COC(=O)c1cc([N+](=O)[O-])ccc1S(=O)(=O)NC(C)C. The molecular weight excluding hydrogens is 288 g/mol. The number of ether oxygens (including phenoxy) is 1. The van der Waals surface area contributed by atoms with Crippen molar-refractivity contribution in [3.8, 4) is 0 Å². The normalized spacial score (nSPS) is 11.4. The minimum Gasteiger partial charge on any atom is -0.465 e. The van der Waals surface area contributed by atoms with E-state index in [9.17, 15) is 23.3 Å². The molecule has 1 N–H and O–H groups in total. The summed E-state index contributed by atoms with van der Waals surface area (Å²) in [6.45, 7) is 3.22. The van der Waals surface area contributed by atoms with E-state index in [0.29, 0.717) is 0 Å². The number of rotatable bonds is 5. The van der Waals surface area contributed by atoms with Gasteiger partial charge >= 0.3 is 5.97 Å². The van der Waals surface area contributed by atoms with Crippen LogP contribution in [-0.2, 0) is 14.8 Å². The van der Waals surface area contributed by atoms with Crippen LogP contribution in [0.2, 0.25) is 0 Å². The number of hydrogen-bond acceptors (Lipinski definition) is 6. The molecule has 1 aromatic rings. The fourth-order valence-electron chi connectivity index (χ4n) is 1.51. The van der Waals surface area contributed by atoms with Crippen molar-refractivity contribution in [2.24, 2.45) is 0 Å². The summed E-state index contributed by atoms with van der Waals surface area (Å²) in [7, 11) is -2.90. The second-order valence-corrected chi connectivity index (χ2v) is 5.89. The van der Waals surface area contributed by atoms with Crippen molar-refractivity contribution in [1.82, 2.24) is 4.72 Å². The molecule has 9 heteroatoms. The smallest absolute Gasteiger partial charge is 0.339 e. The number of nitrogens with zero attached hydrogens (tertiary/aromatic N) is 1. The molecule has 0 radical (unpaired) electrons. The second kappa shape index (κ2) is 5.97.